The van der Waals surface area contributed by atoms with Crippen LogP contribution in [-0.2, 0) is 9.47 Å². The minimum Gasteiger partial charge on any atom is -0.381 e. The van der Waals surface area contributed by atoms with Crippen molar-refractivity contribution in [3.05, 3.63) is 0 Å². The molecule has 13 heavy (non-hydrogen) atoms. The Morgan fingerprint density at radius 1 is 1.54 bits per heavy atom. The molecule has 1 fully saturated rings. The van der Waals surface area contributed by atoms with Crippen molar-refractivity contribution in [2.45, 2.75) is 32.3 Å². The van der Waals surface area contributed by atoms with E-state index in [4.69, 9.17) is 9.47 Å². The number of halogens is 2. The van der Waals surface area contributed by atoms with E-state index in [9.17, 15) is 8.78 Å². The lowest BCUT2D eigenvalue weighted by Gasteiger charge is -2.31. The van der Waals surface area contributed by atoms with Crippen molar-refractivity contribution in [1.29, 1.82) is 0 Å². The first-order valence-electron chi connectivity index (χ1n) is 4.59. The van der Waals surface area contributed by atoms with Crippen molar-refractivity contribution in [1.82, 2.24) is 0 Å². The maximum Gasteiger partial charge on any atom is 0.257 e. The van der Waals surface area contributed by atoms with Gasteiger partial charge in [-0.25, -0.2) is 8.78 Å². The van der Waals surface area contributed by atoms with Crippen LogP contribution in [0.3, 0.4) is 0 Å². The summed E-state index contributed by atoms with van der Waals surface area (Å²) in [5, 5.41) is 0. The molecule has 0 radical (unpaired) electrons. The van der Waals surface area contributed by atoms with Crippen molar-refractivity contribution >= 4 is 0 Å². The van der Waals surface area contributed by atoms with Crippen LogP contribution >= 0.6 is 0 Å². The van der Waals surface area contributed by atoms with Crippen LogP contribution < -0.4 is 0 Å². The predicted molar refractivity (Wildman–Crippen MR) is 45.0 cm³/mol. The van der Waals surface area contributed by atoms with Crippen LogP contribution in [-0.4, -0.2) is 31.8 Å². The van der Waals surface area contributed by atoms with Crippen LogP contribution in [0.1, 0.15) is 20.3 Å². The van der Waals surface area contributed by atoms with Crippen molar-refractivity contribution in [3.8, 4) is 0 Å². The zero-order valence-corrected chi connectivity index (χ0v) is 8.06. The minimum atomic E-state index is -2.62. The molecule has 1 aliphatic heterocycles. The van der Waals surface area contributed by atoms with Gasteiger partial charge in [0, 0.05) is 6.42 Å². The van der Waals surface area contributed by atoms with E-state index in [1.54, 1.807) is 0 Å². The lowest BCUT2D eigenvalue weighted by Crippen LogP contribution is -2.41. The van der Waals surface area contributed by atoms with Gasteiger partial charge in [-0.3, -0.25) is 0 Å². The number of alkyl halides is 2. The average molecular weight is 194 g/mol. The molecule has 0 aliphatic carbocycles. The fourth-order valence-corrected chi connectivity index (χ4v) is 1.24. The van der Waals surface area contributed by atoms with E-state index in [1.165, 1.54) is 0 Å². The number of hydrogen-bond donors (Lipinski definition) is 0. The highest BCUT2D eigenvalue weighted by atomic mass is 19.3. The Labute approximate surface area is 77.2 Å². The molecule has 2 nitrogen and oxygen atoms in total. The zero-order valence-electron chi connectivity index (χ0n) is 8.06. The van der Waals surface area contributed by atoms with Gasteiger partial charge in [0.2, 0.25) is 0 Å². The molecular weight excluding hydrogens is 178 g/mol. The number of ether oxygens (including phenoxy) is 2. The SMILES string of the molecule is CC(C)OCC1COCCC1(F)F. The normalized spacial score (nSPS) is 27.9. The van der Waals surface area contributed by atoms with Gasteiger partial charge >= 0.3 is 0 Å². The van der Waals surface area contributed by atoms with Gasteiger partial charge in [-0.15, -0.1) is 0 Å². The molecule has 1 saturated heterocycles. The standard InChI is InChI=1S/C9H16F2O2/c1-7(2)13-6-8-5-12-4-3-9(8,10)11/h7-8H,3-6H2,1-2H3. The summed E-state index contributed by atoms with van der Waals surface area (Å²) in [6.07, 6.45) is -0.184. The Kier molecular flexibility index (Phi) is 3.62. The van der Waals surface area contributed by atoms with Crippen LogP contribution in [0, 0.1) is 5.92 Å². The van der Waals surface area contributed by atoms with Gasteiger partial charge in [0.05, 0.1) is 31.8 Å². The molecule has 1 heterocycles. The quantitative estimate of drug-likeness (QED) is 0.684. The third-order valence-corrected chi connectivity index (χ3v) is 2.13. The van der Waals surface area contributed by atoms with Gasteiger partial charge < -0.3 is 9.47 Å². The van der Waals surface area contributed by atoms with Gasteiger partial charge in [0.25, 0.3) is 5.92 Å². The molecule has 0 saturated carbocycles. The molecule has 1 atom stereocenters. The monoisotopic (exact) mass is 194 g/mol. The highest BCUT2D eigenvalue weighted by Crippen LogP contribution is 2.32. The van der Waals surface area contributed by atoms with Crippen LogP contribution in [0.15, 0.2) is 0 Å². The van der Waals surface area contributed by atoms with Crippen molar-refractivity contribution in [2.24, 2.45) is 5.92 Å². The Bertz CT molecular complexity index is 160. The first-order valence-corrected chi connectivity index (χ1v) is 4.59. The summed E-state index contributed by atoms with van der Waals surface area (Å²) in [5.41, 5.74) is 0. The summed E-state index contributed by atoms with van der Waals surface area (Å²) < 4.78 is 36.5. The average Bonchev–Trinajstić information content (AvgIpc) is 2.01. The van der Waals surface area contributed by atoms with Crippen molar-refractivity contribution in [3.63, 3.8) is 0 Å². The molecular formula is C9H16F2O2. The van der Waals surface area contributed by atoms with E-state index in [2.05, 4.69) is 0 Å². The first-order chi connectivity index (χ1) is 6.02. The van der Waals surface area contributed by atoms with Crippen LogP contribution in [0.2, 0.25) is 0 Å². The largest absolute Gasteiger partial charge is 0.381 e. The van der Waals surface area contributed by atoms with Gasteiger partial charge in [0.15, 0.2) is 0 Å². The molecule has 0 amide bonds. The summed E-state index contributed by atoms with van der Waals surface area (Å²) in [6, 6.07) is 0. The molecule has 0 aromatic heterocycles. The van der Waals surface area contributed by atoms with E-state index in [0.29, 0.717) is 0 Å². The molecule has 1 aliphatic rings. The van der Waals surface area contributed by atoms with Crippen LogP contribution in [0.4, 0.5) is 8.78 Å². The van der Waals surface area contributed by atoms with E-state index >= 15 is 0 Å². The lowest BCUT2D eigenvalue weighted by molar-refractivity contribution is -0.163. The summed E-state index contributed by atoms with van der Waals surface area (Å²) in [7, 11) is 0. The number of rotatable bonds is 3. The fourth-order valence-electron chi connectivity index (χ4n) is 1.24. The third kappa shape index (κ3) is 3.19. The van der Waals surface area contributed by atoms with Gasteiger partial charge in [-0.1, -0.05) is 0 Å². The van der Waals surface area contributed by atoms with Crippen LogP contribution in [0.25, 0.3) is 0 Å². The molecule has 1 rings (SSSR count). The number of hydrogen-bond acceptors (Lipinski definition) is 2. The van der Waals surface area contributed by atoms with E-state index < -0.39 is 11.8 Å². The smallest absolute Gasteiger partial charge is 0.257 e. The molecule has 0 N–H and O–H groups in total. The highest BCUT2D eigenvalue weighted by Gasteiger charge is 2.42. The maximum atomic E-state index is 13.2. The molecule has 4 heteroatoms. The van der Waals surface area contributed by atoms with E-state index in [1.807, 2.05) is 13.8 Å². The Hall–Kier alpha value is -0.220. The summed E-state index contributed by atoms with van der Waals surface area (Å²) in [5.74, 6) is -3.39. The molecule has 0 aromatic carbocycles. The van der Waals surface area contributed by atoms with E-state index in [-0.39, 0.29) is 32.3 Å². The van der Waals surface area contributed by atoms with E-state index in [0.717, 1.165) is 0 Å². The van der Waals surface area contributed by atoms with Crippen molar-refractivity contribution in [2.75, 3.05) is 19.8 Å². The van der Waals surface area contributed by atoms with Gasteiger partial charge in [-0.2, -0.15) is 0 Å². The molecule has 0 aromatic rings. The zero-order chi connectivity index (χ0) is 9.90. The second-order valence-electron chi connectivity index (χ2n) is 3.66. The Morgan fingerprint density at radius 3 is 2.77 bits per heavy atom. The summed E-state index contributed by atoms with van der Waals surface area (Å²) in [4.78, 5) is 0. The maximum absolute atomic E-state index is 13.2. The molecule has 0 spiro atoms. The topological polar surface area (TPSA) is 18.5 Å². The van der Waals surface area contributed by atoms with Gasteiger partial charge in [0.1, 0.15) is 0 Å². The second-order valence-corrected chi connectivity index (χ2v) is 3.66. The van der Waals surface area contributed by atoms with Crippen LogP contribution in [0.5, 0.6) is 0 Å². The fraction of sp³-hybridized carbons (Fsp3) is 1.00. The summed E-state index contributed by atoms with van der Waals surface area (Å²) in [6.45, 7) is 4.03. The Balaban J connectivity index is 2.37. The molecule has 1 unspecified atom stereocenters. The van der Waals surface area contributed by atoms with Crippen molar-refractivity contribution < 1.29 is 18.3 Å². The van der Waals surface area contributed by atoms with Gasteiger partial charge in [-0.05, 0) is 13.8 Å². The Morgan fingerprint density at radius 2 is 2.23 bits per heavy atom. The molecule has 78 valence electrons. The summed E-state index contributed by atoms with van der Waals surface area (Å²) >= 11 is 0. The predicted octanol–water partition coefficient (Wildman–Crippen LogP) is 2.08. The highest BCUT2D eigenvalue weighted by molar-refractivity contribution is 4.80. The lowest BCUT2D eigenvalue weighted by atomic mass is 9.98. The second kappa shape index (κ2) is 4.33. The first kappa shape index (κ1) is 10.9. The molecule has 0 bridgehead atoms. The minimum absolute atomic E-state index is 0.00211. The third-order valence-electron chi connectivity index (χ3n) is 2.13.